The maximum Gasteiger partial charge on any atom is 0.246 e. The summed E-state index contributed by atoms with van der Waals surface area (Å²) >= 11 is 0. The van der Waals surface area contributed by atoms with Gasteiger partial charge in [-0.05, 0) is 38.4 Å². The molecule has 0 aliphatic carbocycles. The molecule has 1 aromatic heterocycles. The molecule has 27 heavy (non-hydrogen) atoms. The topological polar surface area (TPSA) is 61.8 Å². The summed E-state index contributed by atoms with van der Waals surface area (Å²) in [7, 11) is 3.80. The summed E-state index contributed by atoms with van der Waals surface area (Å²) < 4.78 is 6.00. The highest BCUT2D eigenvalue weighted by Gasteiger charge is 2.24. The van der Waals surface area contributed by atoms with Gasteiger partial charge in [-0.3, -0.25) is 4.79 Å². The molecule has 0 saturated carbocycles. The lowest BCUT2D eigenvalue weighted by molar-refractivity contribution is -0.126. The van der Waals surface area contributed by atoms with Crippen molar-refractivity contribution in [2.24, 2.45) is 0 Å². The fourth-order valence-corrected chi connectivity index (χ4v) is 3.56. The molecule has 1 aromatic rings. The van der Waals surface area contributed by atoms with Gasteiger partial charge in [-0.25, -0.2) is 9.97 Å². The molecule has 1 unspecified atom stereocenters. The Kier molecular flexibility index (Phi) is 7.18. The van der Waals surface area contributed by atoms with E-state index in [1.807, 2.05) is 23.9 Å². The summed E-state index contributed by atoms with van der Waals surface area (Å²) in [5.74, 6) is 0.685. The van der Waals surface area contributed by atoms with E-state index in [2.05, 4.69) is 14.9 Å². The zero-order chi connectivity index (χ0) is 19.1. The molecule has 7 nitrogen and oxygen atoms in total. The van der Waals surface area contributed by atoms with Gasteiger partial charge in [-0.15, -0.1) is 0 Å². The quantitative estimate of drug-likeness (QED) is 0.732. The summed E-state index contributed by atoms with van der Waals surface area (Å²) in [6.45, 7) is 5.36. The van der Waals surface area contributed by atoms with Gasteiger partial charge >= 0.3 is 0 Å². The number of likely N-dealkylation sites (tertiary alicyclic amines) is 1. The first-order chi connectivity index (χ1) is 13.1. The van der Waals surface area contributed by atoms with E-state index >= 15 is 0 Å². The van der Waals surface area contributed by atoms with Gasteiger partial charge in [0.25, 0.3) is 0 Å². The number of anilines is 1. The Labute approximate surface area is 162 Å². The second-order valence-corrected chi connectivity index (χ2v) is 7.54. The predicted molar refractivity (Wildman–Crippen MR) is 107 cm³/mol. The minimum Gasteiger partial charge on any atom is -0.375 e. The smallest absolute Gasteiger partial charge is 0.246 e. The van der Waals surface area contributed by atoms with E-state index in [9.17, 15) is 4.79 Å². The van der Waals surface area contributed by atoms with E-state index in [1.54, 1.807) is 24.5 Å². The molecule has 0 aromatic carbocycles. The fourth-order valence-electron chi connectivity index (χ4n) is 3.56. The number of piperidine rings is 1. The molecule has 0 N–H and O–H groups in total. The third-order valence-corrected chi connectivity index (χ3v) is 5.05. The third-order valence-electron chi connectivity index (χ3n) is 5.05. The Morgan fingerprint density at radius 2 is 1.93 bits per heavy atom. The van der Waals surface area contributed by atoms with Crippen LogP contribution in [0.1, 0.15) is 31.2 Å². The molecule has 2 aliphatic rings. The normalized spacial score (nSPS) is 22.0. The van der Waals surface area contributed by atoms with Gasteiger partial charge in [0.1, 0.15) is 0 Å². The van der Waals surface area contributed by atoms with E-state index in [4.69, 9.17) is 4.74 Å². The molecule has 148 valence electrons. The van der Waals surface area contributed by atoms with Crippen LogP contribution in [-0.4, -0.2) is 85.2 Å². The highest BCUT2D eigenvalue weighted by atomic mass is 16.5. The van der Waals surface area contributed by atoms with Crippen LogP contribution in [0.25, 0.3) is 6.08 Å². The van der Waals surface area contributed by atoms with Crippen LogP contribution in [0.3, 0.4) is 0 Å². The Morgan fingerprint density at radius 3 is 2.63 bits per heavy atom. The van der Waals surface area contributed by atoms with Crippen molar-refractivity contribution in [1.29, 1.82) is 0 Å². The van der Waals surface area contributed by atoms with E-state index in [0.717, 1.165) is 44.8 Å². The Balaban J connectivity index is 1.55. The highest BCUT2D eigenvalue weighted by Crippen LogP contribution is 2.13. The summed E-state index contributed by atoms with van der Waals surface area (Å²) in [5.41, 5.74) is 0.824. The van der Waals surface area contributed by atoms with Crippen LogP contribution in [0.15, 0.2) is 18.5 Å². The minimum atomic E-state index is 0.0285. The first-order valence-corrected chi connectivity index (χ1v) is 9.92. The maximum atomic E-state index is 12.7. The maximum absolute atomic E-state index is 12.7. The zero-order valence-electron chi connectivity index (χ0n) is 16.5. The molecule has 7 heteroatoms. The first kappa shape index (κ1) is 19.8. The number of amides is 1. The lowest BCUT2D eigenvalue weighted by Gasteiger charge is -2.31. The Bertz CT molecular complexity index is 626. The molecular formula is C20H31N5O2. The van der Waals surface area contributed by atoms with Crippen LogP contribution in [-0.2, 0) is 9.53 Å². The van der Waals surface area contributed by atoms with E-state index in [1.165, 1.54) is 19.3 Å². The minimum absolute atomic E-state index is 0.0285. The summed E-state index contributed by atoms with van der Waals surface area (Å²) in [6.07, 6.45) is 11.7. The van der Waals surface area contributed by atoms with Gasteiger partial charge in [0.15, 0.2) is 0 Å². The highest BCUT2D eigenvalue weighted by molar-refractivity contribution is 5.91. The van der Waals surface area contributed by atoms with Gasteiger partial charge in [-0.1, -0.05) is 6.42 Å². The number of carbonyl (C=O) groups excluding carboxylic acids is 1. The number of hydrogen-bond donors (Lipinski definition) is 0. The van der Waals surface area contributed by atoms with Crippen molar-refractivity contribution in [2.45, 2.75) is 31.8 Å². The van der Waals surface area contributed by atoms with Crippen molar-refractivity contribution in [3.05, 3.63) is 24.0 Å². The van der Waals surface area contributed by atoms with Crippen molar-refractivity contribution in [3.63, 3.8) is 0 Å². The number of nitrogens with zero attached hydrogens (tertiary/aromatic N) is 5. The largest absolute Gasteiger partial charge is 0.375 e. The molecule has 0 bridgehead atoms. The van der Waals surface area contributed by atoms with Crippen molar-refractivity contribution >= 4 is 17.9 Å². The lowest BCUT2D eigenvalue weighted by atomic mass is 10.1. The van der Waals surface area contributed by atoms with E-state index < -0.39 is 0 Å². The summed E-state index contributed by atoms with van der Waals surface area (Å²) in [6, 6.07) is 0. The van der Waals surface area contributed by atoms with Crippen LogP contribution >= 0.6 is 0 Å². The Hall–Kier alpha value is -1.99. The number of aromatic nitrogens is 2. The van der Waals surface area contributed by atoms with Crippen molar-refractivity contribution < 1.29 is 9.53 Å². The lowest BCUT2D eigenvalue weighted by Crippen LogP contribution is -2.43. The monoisotopic (exact) mass is 373 g/mol. The molecule has 3 heterocycles. The molecular weight excluding hydrogens is 342 g/mol. The van der Waals surface area contributed by atoms with E-state index in [-0.39, 0.29) is 12.0 Å². The Morgan fingerprint density at radius 1 is 1.19 bits per heavy atom. The third kappa shape index (κ3) is 6.01. The van der Waals surface area contributed by atoms with Gasteiger partial charge in [0.2, 0.25) is 11.9 Å². The molecule has 0 radical (unpaired) electrons. The van der Waals surface area contributed by atoms with Crippen molar-refractivity contribution in [3.8, 4) is 0 Å². The first-order valence-electron chi connectivity index (χ1n) is 9.92. The van der Waals surface area contributed by atoms with Crippen molar-refractivity contribution in [2.75, 3.05) is 58.3 Å². The van der Waals surface area contributed by atoms with Crippen molar-refractivity contribution in [1.82, 2.24) is 19.8 Å². The number of rotatable bonds is 5. The molecule has 2 aliphatic heterocycles. The standard InChI is InChI=1S/C20H31N5O2/c1-23(2)20-21-13-17(14-22-20)7-8-19(26)25-11-6-12-27-18(16-25)15-24-9-4-3-5-10-24/h7-8,13-14,18H,3-6,9-12,15-16H2,1-2H3/b8-7+. The molecule has 1 atom stereocenters. The molecule has 0 spiro atoms. The number of ether oxygens (including phenoxy) is 1. The summed E-state index contributed by atoms with van der Waals surface area (Å²) in [4.78, 5) is 27.4. The number of carbonyl (C=O) groups is 1. The molecule has 2 fully saturated rings. The molecule has 1 amide bonds. The van der Waals surface area contributed by atoms with Gasteiger partial charge in [0, 0.05) is 64.4 Å². The van der Waals surface area contributed by atoms with Crippen LogP contribution in [0.2, 0.25) is 0 Å². The van der Waals surface area contributed by atoms with Crippen LogP contribution in [0.4, 0.5) is 5.95 Å². The van der Waals surface area contributed by atoms with Crippen LogP contribution in [0.5, 0.6) is 0 Å². The van der Waals surface area contributed by atoms with Gasteiger partial charge in [-0.2, -0.15) is 0 Å². The van der Waals surface area contributed by atoms with Crippen LogP contribution in [0, 0.1) is 0 Å². The number of hydrogen-bond acceptors (Lipinski definition) is 6. The van der Waals surface area contributed by atoms with Crippen LogP contribution < -0.4 is 4.90 Å². The average molecular weight is 374 g/mol. The average Bonchev–Trinajstić information content (AvgIpc) is 2.93. The van der Waals surface area contributed by atoms with Gasteiger partial charge in [0.05, 0.1) is 6.10 Å². The molecule has 3 rings (SSSR count). The van der Waals surface area contributed by atoms with Gasteiger partial charge < -0.3 is 19.4 Å². The zero-order valence-corrected chi connectivity index (χ0v) is 16.5. The SMILES string of the molecule is CN(C)c1ncc(/C=C/C(=O)N2CCCOC(CN3CCCCC3)C2)cn1. The summed E-state index contributed by atoms with van der Waals surface area (Å²) in [5, 5.41) is 0. The second-order valence-electron chi connectivity index (χ2n) is 7.54. The molecule has 2 saturated heterocycles. The van der Waals surface area contributed by atoms with E-state index in [0.29, 0.717) is 12.5 Å². The second kappa shape index (κ2) is 9.80. The predicted octanol–water partition coefficient (Wildman–Crippen LogP) is 1.66. The fraction of sp³-hybridized carbons (Fsp3) is 0.650.